The highest BCUT2D eigenvalue weighted by Crippen LogP contribution is 2.35. The van der Waals surface area contributed by atoms with Crippen LogP contribution in [-0.2, 0) is 0 Å². The van der Waals surface area contributed by atoms with Crippen LogP contribution in [0.4, 0.5) is 0 Å². The summed E-state index contributed by atoms with van der Waals surface area (Å²) in [6.45, 7) is 13.2. The first-order valence-corrected chi connectivity index (χ1v) is 4.40. The Morgan fingerprint density at radius 2 is 1.90 bits per heavy atom. The van der Waals surface area contributed by atoms with E-state index in [4.69, 9.17) is 0 Å². The van der Waals surface area contributed by atoms with Crippen LogP contribution in [-0.4, -0.2) is 0 Å². The predicted octanol–water partition coefficient (Wildman–Crippen LogP) is 3.67. The highest BCUT2D eigenvalue weighted by Gasteiger charge is 2.25. The van der Waals surface area contributed by atoms with E-state index >= 15 is 0 Å². The molecule has 0 bridgehead atoms. The van der Waals surface area contributed by atoms with Crippen molar-refractivity contribution in [3.63, 3.8) is 0 Å². The van der Waals surface area contributed by atoms with Crippen molar-refractivity contribution in [2.75, 3.05) is 0 Å². The van der Waals surface area contributed by atoms with E-state index in [-0.39, 0.29) is 0 Å². The molecule has 0 aromatic heterocycles. The standard InChI is InChI=1S/C10H21/c1-6-9(4)10(5,7-2)8-3/h9H,2,6-8H2,1,3-5H3. The van der Waals surface area contributed by atoms with E-state index in [1.807, 2.05) is 0 Å². The molecule has 0 saturated heterocycles. The smallest absolute Gasteiger partial charge is 0.0303 e. The van der Waals surface area contributed by atoms with Gasteiger partial charge in [0.05, 0.1) is 0 Å². The molecule has 61 valence electrons. The number of hydrogen-bond acceptors (Lipinski definition) is 0. The third-order valence-electron chi connectivity index (χ3n) is 3.18. The van der Waals surface area contributed by atoms with Crippen LogP contribution in [0.5, 0.6) is 0 Å². The Hall–Kier alpha value is 0. The summed E-state index contributed by atoms with van der Waals surface area (Å²) in [7, 11) is 0. The van der Waals surface area contributed by atoms with Gasteiger partial charge in [-0.1, -0.05) is 47.5 Å². The maximum Gasteiger partial charge on any atom is -0.0303 e. The second kappa shape index (κ2) is 4.00. The Kier molecular flexibility index (Phi) is 4.00. The van der Waals surface area contributed by atoms with Gasteiger partial charge in [-0.3, -0.25) is 0 Å². The van der Waals surface area contributed by atoms with Crippen LogP contribution >= 0.6 is 0 Å². The van der Waals surface area contributed by atoms with Gasteiger partial charge in [0.25, 0.3) is 0 Å². The SMILES string of the molecule is [CH2]CC(C)(CC)C(C)CC. The summed E-state index contributed by atoms with van der Waals surface area (Å²) in [5.41, 5.74) is 0.481. The normalized spacial score (nSPS) is 15.3. The molecule has 0 heteroatoms. The van der Waals surface area contributed by atoms with Crippen molar-refractivity contribution in [3.05, 3.63) is 6.92 Å². The van der Waals surface area contributed by atoms with Gasteiger partial charge in [0.1, 0.15) is 0 Å². The zero-order chi connectivity index (χ0) is 8.20. The van der Waals surface area contributed by atoms with Crippen molar-refractivity contribution >= 4 is 0 Å². The lowest BCUT2D eigenvalue weighted by Crippen LogP contribution is -2.22. The van der Waals surface area contributed by atoms with Crippen LogP contribution in [0.1, 0.15) is 47.0 Å². The number of hydrogen-bond donors (Lipinski definition) is 0. The largest absolute Gasteiger partial charge is 0.0651 e. The lowest BCUT2D eigenvalue weighted by Gasteiger charge is -2.33. The molecule has 0 N–H and O–H groups in total. The summed E-state index contributed by atoms with van der Waals surface area (Å²) < 4.78 is 0. The highest BCUT2D eigenvalue weighted by atomic mass is 14.3. The molecule has 0 amide bonds. The van der Waals surface area contributed by atoms with Crippen molar-refractivity contribution in [3.8, 4) is 0 Å². The molecule has 0 aliphatic carbocycles. The van der Waals surface area contributed by atoms with E-state index in [1.165, 1.54) is 12.8 Å². The predicted molar refractivity (Wildman–Crippen MR) is 47.8 cm³/mol. The molecule has 2 unspecified atom stereocenters. The molecule has 0 fully saturated rings. The van der Waals surface area contributed by atoms with E-state index in [1.54, 1.807) is 0 Å². The van der Waals surface area contributed by atoms with Gasteiger partial charge in [0.15, 0.2) is 0 Å². The Morgan fingerprint density at radius 3 is 2.00 bits per heavy atom. The maximum absolute atomic E-state index is 4.00. The Labute approximate surface area is 66.0 Å². The molecule has 0 nitrogen and oxygen atoms in total. The van der Waals surface area contributed by atoms with E-state index in [0.29, 0.717) is 5.41 Å². The quantitative estimate of drug-likeness (QED) is 0.560. The van der Waals surface area contributed by atoms with Crippen LogP contribution < -0.4 is 0 Å². The summed E-state index contributed by atoms with van der Waals surface area (Å²) in [6, 6.07) is 0. The minimum atomic E-state index is 0.481. The molecular weight excluding hydrogens is 120 g/mol. The van der Waals surface area contributed by atoms with E-state index in [0.717, 1.165) is 12.3 Å². The highest BCUT2D eigenvalue weighted by molar-refractivity contribution is 4.78. The molecule has 10 heavy (non-hydrogen) atoms. The summed E-state index contributed by atoms with van der Waals surface area (Å²) in [5, 5.41) is 0. The lowest BCUT2D eigenvalue weighted by molar-refractivity contribution is 0.189. The van der Waals surface area contributed by atoms with Gasteiger partial charge in [-0.2, -0.15) is 0 Å². The first kappa shape index (κ1) is 10.0. The van der Waals surface area contributed by atoms with Crippen LogP contribution in [0.2, 0.25) is 0 Å². The van der Waals surface area contributed by atoms with Crippen LogP contribution in [0, 0.1) is 18.3 Å². The summed E-state index contributed by atoms with van der Waals surface area (Å²) in [5.74, 6) is 0.815. The van der Waals surface area contributed by atoms with Crippen molar-refractivity contribution in [1.82, 2.24) is 0 Å². The van der Waals surface area contributed by atoms with E-state index in [2.05, 4.69) is 34.6 Å². The van der Waals surface area contributed by atoms with Crippen molar-refractivity contribution in [1.29, 1.82) is 0 Å². The van der Waals surface area contributed by atoms with Crippen LogP contribution in [0.25, 0.3) is 0 Å². The topological polar surface area (TPSA) is 0 Å². The molecule has 0 aromatic rings. The molecule has 1 radical (unpaired) electrons. The molecule has 0 aromatic carbocycles. The third kappa shape index (κ3) is 2.00. The van der Waals surface area contributed by atoms with Gasteiger partial charge in [-0.05, 0) is 17.8 Å². The average Bonchev–Trinajstić information content (AvgIpc) is 2.01. The van der Waals surface area contributed by atoms with Crippen molar-refractivity contribution < 1.29 is 0 Å². The molecule has 0 rings (SSSR count). The van der Waals surface area contributed by atoms with Gasteiger partial charge in [0.2, 0.25) is 0 Å². The van der Waals surface area contributed by atoms with Gasteiger partial charge in [-0.15, -0.1) is 0 Å². The zero-order valence-electron chi connectivity index (χ0n) is 7.91. The Morgan fingerprint density at radius 1 is 1.40 bits per heavy atom. The molecule has 0 aliphatic heterocycles. The molecule has 0 heterocycles. The van der Waals surface area contributed by atoms with Crippen LogP contribution in [0.3, 0.4) is 0 Å². The maximum atomic E-state index is 4.00. The molecule has 0 aliphatic rings. The fraction of sp³-hybridized carbons (Fsp3) is 0.900. The molecule has 2 atom stereocenters. The average molecular weight is 141 g/mol. The first-order valence-electron chi connectivity index (χ1n) is 4.40. The third-order valence-corrected chi connectivity index (χ3v) is 3.18. The Bertz CT molecular complexity index is 80.0. The molecule has 0 spiro atoms. The van der Waals surface area contributed by atoms with Crippen LogP contribution in [0.15, 0.2) is 0 Å². The van der Waals surface area contributed by atoms with E-state index in [9.17, 15) is 0 Å². The van der Waals surface area contributed by atoms with Gasteiger partial charge in [-0.25, -0.2) is 0 Å². The Balaban J connectivity index is 4.02. The lowest BCUT2D eigenvalue weighted by atomic mass is 9.73. The minimum Gasteiger partial charge on any atom is -0.0651 e. The first-order chi connectivity index (χ1) is 4.60. The number of rotatable bonds is 4. The van der Waals surface area contributed by atoms with Gasteiger partial charge in [0, 0.05) is 0 Å². The van der Waals surface area contributed by atoms with E-state index < -0.39 is 0 Å². The summed E-state index contributed by atoms with van der Waals surface area (Å²) in [4.78, 5) is 0. The van der Waals surface area contributed by atoms with Gasteiger partial charge < -0.3 is 0 Å². The molecular formula is C10H21. The summed E-state index contributed by atoms with van der Waals surface area (Å²) >= 11 is 0. The monoisotopic (exact) mass is 141 g/mol. The van der Waals surface area contributed by atoms with Crippen molar-refractivity contribution in [2.45, 2.75) is 47.0 Å². The fourth-order valence-corrected chi connectivity index (χ4v) is 1.26. The second-order valence-electron chi connectivity index (χ2n) is 3.57. The zero-order valence-corrected chi connectivity index (χ0v) is 7.91. The fourth-order valence-electron chi connectivity index (χ4n) is 1.26. The van der Waals surface area contributed by atoms with Gasteiger partial charge >= 0.3 is 0 Å². The second-order valence-corrected chi connectivity index (χ2v) is 3.57. The summed E-state index contributed by atoms with van der Waals surface area (Å²) in [6.07, 6.45) is 3.60. The molecule has 0 saturated carbocycles. The minimum absolute atomic E-state index is 0.481. The van der Waals surface area contributed by atoms with Crippen molar-refractivity contribution in [2.24, 2.45) is 11.3 Å².